The van der Waals surface area contributed by atoms with E-state index in [4.69, 9.17) is 19.4 Å². The van der Waals surface area contributed by atoms with Gasteiger partial charge in [0.1, 0.15) is 11.2 Å². The molecule has 0 radical (unpaired) electrons. The number of furan rings is 1. The van der Waals surface area contributed by atoms with E-state index in [9.17, 15) is 0 Å². The van der Waals surface area contributed by atoms with Crippen molar-refractivity contribution in [2.75, 3.05) is 0 Å². The summed E-state index contributed by atoms with van der Waals surface area (Å²) in [6.07, 6.45) is 0. The molecule has 0 aliphatic heterocycles. The van der Waals surface area contributed by atoms with E-state index in [2.05, 4.69) is 108 Å². The van der Waals surface area contributed by atoms with Crippen LogP contribution in [0, 0.1) is 0 Å². The molecule has 0 fully saturated rings. The van der Waals surface area contributed by atoms with Crippen LogP contribution in [-0.2, 0) is 0 Å². The highest BCUT2D eigenvalue weighted by molar-refractivity contribution is 6.10. The molecule has 3 heterocycles. The predicted octanol–water partition coefficient (Wildman–Crippen LogP) is 11.0. The molecule has 10 aromatic rings. The number of hydrogen-bond donors (Lipinski definition) is 0. The van der Waals surface area contributed by atoms with Gasteiger partial charge in [-0.2, -0.15) is 9.97 Å². The Morgan fingerprint density at radius 2 is 1.00 bits per heavy atom. The van der Waals surface area contributed by atoms with Crippen LogP contribution in [0.2, 0.25) is 0 Å². The van der Waals surface area contributed by atoms with Crippen molar-refractivity contribution >= 4 is 54.5 Å². The maximum absolute atomic E-state index is 6.25. The molecule has 3 aromatic heterocycles. The Morgan fingerprint density at radius 1 is 0.375 bits per heavy atom. The van der Waals surface area contributed by atoms with Crippen molar-refractivity contribution in [1.82, 2.24) is 19.5 Å². The van der Waals surface area contributed by atoms with Gasteiger partial charge in [0.15, 0.2) is 11.6 Å². The fourth-order valence-corrected chi connectivity index (χ4v) is 6.91. The molecule has 5 heteroatoms. The van der Waals surface area contributed by atoms with Crippen LogP contribution in [-0.4, -0.2) is 19.5 Å². The summed E-state index contributed by atoms with van der Waals surface area (Å²) in [6, 6.07) is 54.7. The van der Waals surface area contributed by atoms with Crippen molar-refractivity contribution < 1.29 is 4.42 Å². The maximum Gasteiger partial charge on any atom is 0.238 e. The van der Waals surface area contributed by atoms with Gasteiger partial charge in [0.25, 0.3) is 0 Å². The lowest BCUT2D eigenvalue weighted by Gasteiger charge is -2.11. The largest absolute Gasteiger partial charge is 0.456 e. The highest BCUT2D eigenvalue weighted by Gasteiger charge is 2.19. The summed E-state index contributed by atoms with van der Waals surface area (Å²) in [5.41, 5.74) is 7.80. The second-order valence-corrected chi connectivity index (χ2v) is 12.1. The quantitative estimate of drug-likeness (QED) is 0.198. The standard InChI is InChI=1S/C43H26N4O/c1-2-11-28(12-3-1)41-44-42(32-21-23-36-35-15-7-9-17-39(35)48-40(36)26-32)46-43(45-41)47-37-16-8-6-14-33(37)34-22-20-31(25-38(34)47)30-19-18-27-10-4-5-13-29(27)24-30/h1-26H. The highest BCUT2D eigenvalue weighted by Crippen LogP contribution is 2.36. The number of nitrogens with zero attached hydrogens (tertiary/aromatic N) is 4. The first kappa shape index (κ1) is 26.6. The fourth-order valence-electron chi connectivity index (χ4n) is 6.91. The topological polar surface area (TPSA) is 56.7 Å². The van der Waals surface area contributed by atoms with E-state index in [1.807, 2.05) is 54.6 Å². The third kappa shape index (κ3) is 4.22. The lowest BCUT2D eigenvalue weighted by Crippen LogP contribution is -2.06. The molecule has 48 heavy (non-hydrogen) atoms. The predicted molar refractivity (Wildman–Crippen MR) is 195 cm³/mol. The van der Waals surface area contributed by atoms with E-state index in [1.54, 1.807) is 0 Å². The minimum Gasteiger partial charge on any atom is -0.456 e. The summed E-state index contributed by atoms with van der Waals surface area (Å²) in [5.74, 6) is 1.75. The van der Waals surface area contributed by atoms with Gasteiger partial charge in [-0.15, -0.1) is 0 Å². The molecule has 0 amide bonds. The van der Waals surface area contributed by atoms with Gasteiger partial charge in [0.2, 0.25) is 5.95 Å². The Bertz CT molecular complexity index is 2850. The van der Waals surface area contributed by atoms with Gasteiger partial charge in [-0.3, -0.25) is 4.57 Å². The van der Waals surface area contributed by atoms with Crippen molar-refractivity contribution in [3.63, 3.8) is 0 Å². The van der Waals surface area contributed by atoms with Gasteiger partial charge < -0.3 is 4.42 Å². The molecule has 5 nitrogen and oxygen atoms in total. The molecule has 224 valence electrons. The minimum absolute atomic E-state index is 0.561. The number of para-hydroxylation sites is 2. The third-order valence-electron chi connectivity index (χ3n) is 9.25. The first-order valence-electron chi connectivity index (χ1n) is 16.0. The minimum atomic E-state index is 0.561. The van der Waals surface area contributed by atoms with Crippen LogP contribution in [0.5, 0.6) is 0 Å². The highest BCUT2D eigenvalue weighted by atomic mass is 16.3. The molecule has 10 rings (SSSR count). The van der Waals surface area contributed by atoms with Crippen LogP contribution in [0.1, 0.15) is 0 Å². The van der Waals surface area contributed by atoms with Gasteiger partial charge in [0, 0.05) is 32.7 Å². The average Bonchev–Trinajstić information content (AvgIpc) is 3.70. The van der Waals surface area contributed by atoms with Gasteiger partial charge >= 0.3 is 0 Å². The van der Waals surface area contributed by atoms with Crippen molar-refractivity contribution in [3.05, 3.63) is 158 Å². The fraction of sp³-hybridized carbons (Fsp3) is 0. The smallest absolute Gasteiger partial charge is 0.238 e. The number of fused-ring (bicyclic) bond motifs is 7. The SMILES string of the molecule is c1ccc(-c2nc(-c3ccc4c(c3)oc3ccccc34)nc(-n3c4ccccc4c4ccc(-c5ccc6ccccc6c5)cc43)n2)cc1. The van der Waals surface area contributed by atoms with E-state index in [-0.39, 0.29) is 0 Å². The van der Waals surface area contributed by atoms with E-state index in [1.165, 1.54) is 10.8 Å². The second kappa shape index (κ2) is 10.5. The van der Waals surface area contributed by atoms with Crippen LogP contribution < -0.4 is 0 Å². The van der Waals surface area contributed by atoms with Gasteiger partial charge in [0.05, 0.1) is 11.0 Å². The van der Waals surface area contributed by atoms with Crippen LogP contribution >= 0.6 is 0 Å². The summed E-state index contributed by atoms with van der Waals surface area (Å²) in [5, 5.41) is 6.88. The Balaban J connectivity index is 1.22. The molecule has 0 aliphatic carbocycles. The zero-order valence-electron chi connectivity index (χ0n) is 25.7. The molecule has 0 unspecified atom stereocenters. The van der Waals surface area contributed by atoms with Crippen LogP contribution in [0.3, 0.4) is 0 Å². The van der Waals surface area contributed by atoms with E-state index in [0.717, 1.165) is 66.0 Å². The van der Waals surface area contributed by atoms with E-state index >= 15 is 0 Å². The Kier molecular flexibility index (Phi) is 5.81. The normalized spacial score (nSPS) is 11.8. The first-order valence-corrected chi connectivity index (χ1v) is 16.0. The summed E-state index contributed by atoms with van der Waals surface area (Å²) in [6.45, 7) is 0. The second-order valence-electron chi connectivity index (χ2n) is 12.1. The Labute approximate surface area is 275 Å². The Hall–Kier alpha value is -6.59. The van der Waals surface area contributed by atoms with Crippen molar-refractivity contribution in [3.8, 4) is 39.9 Å². The molecule has 0 atom stereocenters. The first-order chi connectivity index (χ1) is 23.8. The molecule has 0 saturated heterocycles. The summed E-state index contributed by atoms with van der Waals surface area (Å²) < 4.78 is 8.43. The number of aromatic nitrogens is 4. The molecular formula is C43H26N4O. The number of benzene rings is 7. The lowest BCUT2D eigenvalue weighted by atomic mass is 10.00. The van der Waals surface area contributed by atoms with Crippen molar-refractivity contribution in [1.29, 1.82) is 0 Å². The Morgan fingerprint density at radius 3 is 1.90 bits per heavy atom. The molecule has 0 aliphatic rings. The molecule has 7 aromatic carbocycles. The summed E-state index contributed by atoms with van der Waals surface area (Å²) in [4.78, 5) is 15.3. The molecule has 0 spiro atoms. The van der Waals surface area contributed by atoms with Gasteiger partial charge in [-0.1, -0.05) is 121 Å². The zero-order chi connectivity index (χ0) is 31.6. The monoisotopic (exact) mass is 614 g/mol. The van der Waals surface area contributed by atoms with E-state index in [0.29, 0.717) is 17.6 Å². The molecular weight excluding hydrogens is 589 g/mol. The lowest BCUT2D eigenvalue weighted by molar-refractivity contribution is 0.669. The number of rotatable bonds is 4. The maximum atomic E-state index is 6.25. The third-order valence-corrected chi connectivity index (χ3v) is 9.25. The van der Waals surface area contributed by atoms with Crippen molar-refractivity contribution in [2.24, 2.45) is 0 Å². The molecule has 0 saturated carbocycles. The number of hydrogen-bond acceptors (Lipinski definition) is 4. The summed E-state index contributed by atoms with van der Waals surface area (Å²) >= 11 is 0. The van der Waals surface area contributed by atoms with Crippen LogP contribution in [0.4, 0.5) is 0 Å². The van der Waals surface area contributed by atoms with Crippen LogP contribution in [0.25, 0.3) is 94.4 Å². The van der Waals surface area contributed by atoms with E-state index < -0.39 is 0 Å². The van der Waals surface area contributed by atoms with Gasteiger partial charge in [-0.25, -0.2) is 4.98 Å². The molecule has 0 bridgehead atoms. The van der Waals surface area contributed by atoms with Gasteiger partial charge in [-0.05, 0) is 58.3 Å². The molecule has 0 N–H and O–H groups in total. The van der Waals surface area contributed by atoms with Crippen LogP contribution in [0.15, 0.2) is 162 Å². The zero-order valence-corrected chi connectivity index (χ0v) is 25.7. The summed E-state index contributed by atoms with van der Waals surface area (Å²) in [7, 11) is 0. The average molecular weight is 615 g/mol. The van der Waals surface area contributed by atoms with Crippen molar-refractivity contribution in [2.45, 2.75) is 0 Å².